The Morgan fingerprint density at radius 2 is 0.537 bits per heavy atom. The lowest BCUT2D eigenvalue weighted by atomic mass is 9.82. The van der Waals surface area contributed by atoms with Crippen LogP contribution >= 0.6 is 0 Å². The van der Waals surface area contributed by atoms with Gasteiger partial charge in [0.25, 0.3) is 0 Å². The van der Waals surface area contributed by atoms with Gasteiger partial charge in [0, 0.05) is 0 Å². The first kappa shape index (κ1) is 29.5. The number of hydrogen-bond acceptors (Lipinski definition) is 0. The fourth-order valence-corrected chi connectivity index (χ4v) is 9.77. The molecule has 11 aromatic carbocycles. The highest BCUT2D eigenvalue weighted by Gasteiger charge is 2.24. The third kappa shape index (κ3) is 4.03. The molecule has 1 aliphatic rings. The summed E-state index contributed by atoms with van der Waals surface area (Å²) in [4.78, 5) is 0. The standard InChI is InChI=1S/C54H32/c1-2-18-38-34(14-1)37-17-5-8-21-41(37)51-32-33(28-29-42(38)51)52-44-22-9-11-24-46(44)54(47-25-12-10-23-45(47)52)50-31-30-49-40-20-7-4-16-36(40)35-15-3-6-19-39(35)43-26-13-27-48(50)53(43)49/h1-32H. The Morgan fingerprint density at radius 3 is 1.07 bits per heavy atom. The average Bonchev–Trinajstić information content (AvgIpc) is 3.37. The van der Waals surface area contributed by atoms with E-state index in [1.54, 1.807) is 0 Å². The molecule has 0 N–H and O–H groups in total. The Labute approximate surface area is 313 Å². The lowest BCUT2D eigenvalue weighted by Gasteiger charge is -2.20. The second-order valence-electron chi connectivity index (χ2n) is 14.7. The van der Waals surface area contributed by atoms with Crippen LogP contribution in [0.1, 0.15) is 0 Å². The van der Waals surface area contributed by atoms with Crippen molar-refractivity contribution in [3.63, 3.8) is 0 Å². The fraction of sp³-hybridized carbons (Fsp3) is 0. The molecule has 0 saturated heterocycles. The van der Waals surface area contributed by atoms with Crippen molar-refractivity contribution in [3.05, 3.63) is 194 Å². The van der Waals surface area contributed by atoms with Gasteiger partial charge in [-0.1, -0.05) is 188 Å². The van der Waals surface area contributed by atoms with E-state index in [2.05, 4.69) is 194 Å². The summed E-state index contributed by atoms with van der Waals surface area (Å²) < 4.78 is 0. The van der Waals surface area contributed by atoms with Crippen LogP contribution in [0, 0.1) is 0 Å². The van der Waals surface area contributed by atoms with Gasteiger partial charge in [-0.25, -0.2) is 0 Å². The second-order valence-corrected chi connectivity index (χ2v) is 14.7. The summed E-state index contributed by atoms with van der Waals surface area (Å²) >= 11 is 0. The molecule has 0 radical (unpaired) electrons. The quantitative estimate of drug-likeness (QED) is 0.126. The van der Waals surface area contributed by atoms with Crippen molar-refractivity contribution in [2.75, 3.05) is 0 Å². The van der Waals surface area contributed by atoms with Crippen LogP contribution in [0.4, 0.5) is 0 Å². The molecule has 11 aromatic rings. The van der Waals surface area contributed by atoms with Crippen molar-refractivity contribution < 1.29 is 0 Å². The molecule has 12 rings (SSSR count). The van der Waals surface area contributed by atoms with Crippen molar-refractivity contribution in [1.82, 2.24) is 0 Å². The Balaban J connectivity index is 1.18. The summed E-state index contributed by atoms with van der Waals surface area (Å²) in [5, 5.41) is 15.4. The average molecular weight is 681 g/mol. The third-order valence-electron chi connectivity index (χ3n) is 12.0. The first-order valence-electron chi connectivity index (χ1n) is 18.9. The molecule has 0 unspecified atom stereocenters. The van der Waals surface area contributed by atoms with Gasteiger partial charge in [0.2, 0.25) is 0 Å². The molecule has 0 nitrogen and oxygen atoms in total. The van der Waals surface area contributed by atoms with Crippen LogP contribution in [0.25, 0.3) is 120 Å². The number of fused-ring (bicyclic) bond motifs is 13. The minimum Gasteiger partial charge on any atom is -0.0616 e. The molecule has 0 spiro atoms. The first-order valence-corrected chi connectivity index (χ1v) is 18.9. The Morgan fingerprint density at radius 1 is 0.185 bits per heavy atom. The van der Waals surface area contributed by atoms with E-state index in [0.717, 1.165) is 0 Å². The number of rotatable bonds is 2. The lowest BCUT2D eigenvalue weighted by molar-refractivity contribution is 1.62. The van der Waals surface area contributed by atoms with E-state index >= 15 is 0 Å². The molecule has 0 amide bonds. The largest absolute Gasteiger partial charge is 0.0616 e. The molecule has 0 heterocycles. The van der Waals surface area contributed by atoms with Crippen molar-refractivity contribution in [2.45, 2.75) is 0 Å². The van der Waals surface area contributed by atoms with Gasteiger partial charge < -0.3 is 0 Å². The zero-order chi connectivity index (χ0) is 35.3. The van der Waals surface area contributed by atoms with Gasteiger partial charge in [-0.3, -0.25) is 0 Å². The van der Waals surface area contributed by atoms with Gasteiger partial charge in [0.15, 0.2) is 0 Å². The highest BCUT2D eigenvalue weighted by atomic mass is 14.3. The van der Waals surface area contributed by atoms with E-state index in [0.29, 0.717) is 0 Å². The van der Waals surface area contributed by atoms with Crippen LogP contribution in [0.2, 0.25) is 0 Å². The van der Waals surface area contributed by atoms with E-state index in [-0.39, 0.29) is 0 Å². The molecule has 54 heavy (non-hydrogen) atoms. The molecular weight excluding hydrogens is 649 g/mol. The fourth-order valence-electron chi connectivity index (χ4n) is 9.77. The molecule has 0 aliphatic heterocycles. The maximum absolute atomic E-state index is 2.44. The normalized spacial score (nSPS) is 12.1. The molecule has 0 bridgehead atoms. The smallest absolute Gasteiger partial charge is 0.00201 e. The molecule has 0 aromatic heterocycles. The van der Waals surface area contributed by atoms with E-state index in [1.807, 2.05) is 0 Å². The van der Waals surface area contributed by atoms with Crippen LogP contribution in [-0.4, -0.2) is 0 Å². The Hall–Kier alpha value is -7.02. The third-order valence-corrected chi connectivity index (χ3v) is 12.0. The zero-order valence-corrected chi connectivity index (χ0v) is 29.5. The van der Waals surface area contributed by atoms with E-state index in [9.17, 15) is 0 Å². The zero-order valence-electron chi connectivity index (χ0n) is 29.5. The van der Waals surface area contributed by atoms with Gasteiger partial charge in [-0.05, 0) is 126 Å². The molecule has 1 aliphatic carbocycles. The number of hydrogen-bond donors (Lipinski definition) is 0. The molecular formula is C54H32. The summed E-state index contributed by atoms with van der Waals surface area (Å²) in [5.41, 5.74) is 12.8. The van der Waals surface area contributed by atoms with E-state index in [1.165, 1.54) is 120 Å². The molecule has 0 atom stereocenters. The predicted molar refractivity (Wildman–Crippen MR) is 232 cm³/mol. The summed E-state index contributed by atoms with van der Waals surface area (Å²) in [6.45, 7) is 0. The van der Waals surface area contributed by atoms with Gasteiger partial charge in [0.05, 0.1) is 0 Å². The minimum atomic E-state index is 1.24. The van der Waals surface area contributed by atoms with E-state index < -0.39 is 0 Å². The van der Waals surface area contributed by atoms with Gasteiger partial charge in [-0.15, -0.1) is 0 Å². The molecule has 0 heteroatoms. The highest BCUT2D eigenvalue weighted by molar-refractivity contribution is 6.28. The van der Waals surface area contributed by atoms with Crippen molar-refractivity contribution in [2.24, 2.45) is 0 Å². The van der Waals surface area contributed by atoms with Crippen LogP contribution < -0.4 is 0 Å². The highest BCUT2D eigenvalue weighted by Crippen LogP contribution is 2.52. The summed E-state index contributed by atoms with van der Waals surface area (Å²) in [5.74, 6) is 0. The predicted octanol–water partition coefficient (Wildman–Crippen LogP) is 15.3. The molecule has 0 saturated carbocycles. The molecule has 0 fully saturated rings. The summed E-state index contributed by atoms with van der Waals surface area (Å²) in [6.07, 6.45) is 0. The van der Waals surface area contributed by atoms with E-state index in [4.69, 9.17) is 0 Å². The topological polar surface area (TPSA) is 0 Å². The monoisotopic (exact) mass is 680 g/mol. The maximum Gasteiger partial charge on any atom is -0.00201 e. The van der Waals surface area contributed by atoms with Gasteiger partial charge in [-0.2, -0.15) is 0 Å². The Kier molecular flexibility index (Phi) is 6.15. The van der Waals surface area contributed by atoms with Crippen molar-refractivity contribution in [3.8, 4) is 55.6 Å². The van der Waals surface area contributed by atoms with Gasteiger partial charge in [0.1, 0.15) is 0 Å². The van der Waals surface area contributed by atoms with Crippen LogP contribution in [-0.2, 0) is 0 Å². The van der Waals surface area contributed by atoms with Gasteiger partial charge >= 0.3 is 0 Å². The Bertz CT molecular complexity index is 3240. The van der Waals surface area contributed by atoms with Crippen molar-refractivity contribution in [1.29, 1.82) is 0 Å². The summed E-state index contributed by atoms with van der Waals surface area (Å²) in [6, 6.07) is 72.4. The van der Waals surface area contributed by atoms with Crippen LogP contribution in [0.15, 0.2) is 194 Å². The molecule has 248 valence electrons. The lowest BCUT2D eigenvalue weighted by Crippen LogP contribution is -1.93. The van der Waals surface area contributed by atoms with Crippen LogP contribution in [0.5, 0.6) is 0 Å². The minimum absolute atomic E-state index is 1.24. The SMILES string of the molecule is c1ccc2c(c1)-c1ccccc1-c1ccc(-c3c4ccccc4c(-c4ccc5c6ccccc6c6ccccc6c5c4)c4ccccc34)c3cccc-2c13. The van der Waals surface area contributed by atoms with Crippen molar-refractivity contribution >= 4 is 64.6 Å². The second kappa shape index (κ2) is 11.2. The first-order chi connectivity index (χ1) is 26.8. The van der Waals surface area contributed by atoms with Crippen LogP contribution in [0.3, 0.4) is 0 Å². The summed E-state index contributed by atoms with van der Waals surface area (Å²) in [7, 11) is 0. The number of benzene rings is 11. The maximum atomic E-state index is 2.44.